The van der Waals surface area contributed by atoms with E-state index in [0.29, 0.717) is 30.3 Å². The molecule has 0 spiro atoms. The monoisotopic (exact) mass is 265 g/mol. The number of rotatable bonds is 5. The van der Waals surface area contributed by atoms with Crippen LogP contribution in [0.4, 0.5) is 0 Å². The van der Waals surface area contributed by atoms with Gasteiger partial charge >= 0.3 is 0 Å². The van der Waals surface area contributed by atoms with Crippen LogP contribution in [0.5, 0.6) is 11.5 Å². The van der Waals surface area contributed by atoms with Crippen molar-refractivity contribution in [3.8, 4) is 11.5 Å². The molecule has 1 aliphatic rings. The number of hydrogen-bond acceptors (Lipinski definition) is 5. The van der Waals surface area contributed by atoms with E-state index < -0.39 is 12.2 Å². The molecule has 1 heterocycles. The van der Waals surface area contributed by atoms with Gasteiger partial charge in [0.2, 0.25) is 0 Å². The molecule has 0 amide bonds. The van der Waals surface area contributed by atoms with E-state index in [0.717, 1.165) is 0 Å². The Hall–Kier alpha value is -1.95. The van der Waals surface area contributed by atoms with Crippen molar-refractivity contribution in [3.63, 3.8) is 0 Å². The number of aliphatic hydroxyl groups excluding tert-OH is 2. The molecule has 0 fully saturated rings. The predicted molar refractivity (Wildman–Crippen MR) is 67.0 cm³/mol. The summed E-state index contributed by atoms with van der Waals surface area (Å²) in [5.41, 5.74) is 8.69. The van der Waals surface area contributed by atoms with E-state index in [1.807, 2.05) is 0 Å². The zero-order valence-electron chi connectivity index (χ0n) is 10.3. The number of fused-ring (bicyclic) bond motifs is 1. The van der Waals surface area contributed by atoms with Crippen LogP contribution < -0.4 is 9.47 Å². The Morgan fingerprint density at radius 3 is 2.74 bits per heavy atom. The van der Waals surface area contributed by atoms with Gasteiger partial charge in [0.1, 0.15) is 19.3 Å². The Balaban J connectivity index is 2.05. The van der Waals surface area contributed by atoms with Crippen LogP contribution in [0, 0.1) is 0 Å². The summed E-state index contributed by atoms with van der Waals surface area (Å²) in [5, 5.41) is 23.1. The van der Waals surface area contributed by atoms with E-state index in [1.54, 1.807) is 18.2 Å². The number of ether oxygens (including phenoxy) is 2. The molecule has 0 aliphatic carbocycles. The van der Waals surface area contributed by atoms with Crippen molar-refractivity contribution < 1.29 is 19.7 Å². The van der Waals surface area contributed by atoms with Crippen LogP contribution in [0.25, 0.3) is 10.4 Å². The minimum Gasteiger partial charge on any atom is -0.486 e. The summed E-state index contributed by atoms with van der Waals surface area (Å²) < 4.78 is 10.8. The van der Waals surface area contributed by atoms with Gasteiger partial charge in [0, 0.05) is 11.5 Å². The van der Waals surface area contributed by atoms with Gasteiger partial charge in [-0.1, -0.05) is 11.2 Å². The first-order valence-corrected chi connectivity index (χ1v) is 5.99. The third-order valence-corrected chi connectivity index (χ3v) is 2.86. The van der Waals surface area contributed by atoms with Crippen molar-refractivity contribution >= 4 is 0 Å². The van der Waals surface area contributed by atoms with Crippen molar-refractivity contribution in [1.29, 1.82) is 0 Å². The summed E-state index contributed by atoms with van der Waals surface area (Å²) in [6, 6.07) is 5.03. The van der Waals surface area contributed by atoms with Gasteiger partial charge < -0.3 is 19.7 Å². The molecule has 2 rings (SSSR count). The van der Waals surface area contributed by atoms with Gasteiger partial charge in [-0.3, -0.25) is 0 Å². The van der Waals surface area contributed by atoms with Crippen LogP contribution in [-0.4, -0.2) is 36.1 Å². The molecule has 7 nitrogen and oxygen atoms in total. The van der Waals surface area contributed by atoms with Gasteiger partial charge in [-0.15, -0.1) is 0 Å². The lowest BCUT2D eigenvalue weighted by atomic mass is 10.0. The molecule has 0 saturated heterocycles. The summed E-state index contributed by atoms with van der Waals surface area (Å²) >= 11 is 0. The van der Waals surface area contributed by atoms with Crippen LogP contribution in [-0.2, 0) is 0 Å². The fourth-order valence-electron chi connectivity index (χ4n) is 1.86. The van der Waals surface area contributed by atoms with Crippen molar-refractivity contribution in [1.82, 2.24) is 0 Å². The lowest BCUT2D eigenvalue weighted by Crippen LogP contribution is -2.20. The Labute approximate surface area is 110 Å². The molecular formula is C12H15N3O4. The summed E-state index contributed by atoms with van der Waals surface area (Å²) in [4.78, 5) is 2.59. The summed E-state index contributed by atoms with van der Waals surface area (Å²) in [6.45, 7) is 1.11. The maximum absolute atomic E-state index is 10.0. The summed E-state index contributed by atoms with van der Waals surface area (Å²) in [7, 11) is 0. The Bertz CT molecular complexity index is 488. The molecule has 2 N–H and O–H groups in total. The van der Waals surface area contributed by atoms with E-state index in [2.05, 4.69) is 10.0 Å². The van der Waals surface area contributed by atoms with Gasteiger partial charge in [-0.05, 0) is 29.6 Å². The summed E-state index contributed by atoms with van der Waals surface area (Å²) in [5.74, 6) is 1.19. The highest BCUT2D eigenvalue weighted by molar-refractivity contribution is 5.44. The third-order valence-electron chi connectivity index (χ3n) is 2.86. The van der Waals surface area contributed by atoms with Crippen LogP contribution in [0.2, 0.25) is 0 Å². The fraction of sp³-hybridized carbons (Fsp3) is 0.500. The van der Waals surface area contributed by atoms with Gasteiger partial charge in [-0.25, -0.2) is 0 Å². The van der Waals surface area contributed by atoms with Crippen molar-refractivity contribution in [2.24, 2.45) is 5.11 Å². The zero-order chi connectivity index (χ0) is 13.7. The molecule has 1 aliphatic heterocycles. The molecule has 0 aromatic heterocycles. The SMILES string of the molecule is [N-]=[N+]=NCCC(O)C(O)c1ccc2c(c1)OCCO2. The van der Waals surface area contributed by atoms with Gasteiger partial charge in [-0.2, -0.15) is 0 Å². The second-order valence-electron chi connectivity index (χ2n) is 4.16. The molecule has 0 radical (unpaired) electrons. The molecule has 1 aromatic carbocycles. The minimum atomic E-state index is -1.05. The number of aliphatic hydroxyl groups is 2. The molecule has 102 valence electrons. The van der Waals surface area contributed by atoms with Crippen LogP contribution in [0.1, 0.15) is 18.1 Å². The Morgan fingerprint density at radius 1 is 1.26 bits per heavy atom. The normalized spacial score (nSPS) is 16.3. The maximum Gasteiger partial charge on any atom is 0.161 e. The van der Waals surface area contributed by atoms with Gasteiger partial charge in [0.15, 0.2) is 11.5 Å². The van der Waals surface area contributed by atoms with E-state index in [4.69, 9.17) is 15.0 Å². The Kier molecular flexibility index (Phi) is 4.46. The van der Waals surface area contributed by atoms with E-state index in [9.17, 15) is 10.2 Å². The predicted octanol–water partition coefficient (Wildman–Crippen LogP) is 1.55. The van der Waals surface area contributed by atoms with Crippen molar-refractivity contribution in [2.75, 3.05) is 19.8 Å². The Morgan fingerprint density at radius 2 is 2.00 bits per heavy atom. The first-order chi connectivity index (χ1) is 9.22. The molecule has 2 atom stereocenters. The standard InChI is InChI=1S/C12H15N3O4/c13-15-14-4-3-9(16)12(17)8-1-2-10-11(7-8)19-6-5-18-10/h1-2,7,9,12,16-17H,3-6H2. The second-order valence-corrected chi connectivity index (χ2v) is 4.16. The molecule has 0 bridgehead atoms. The molecule has 19 heavy (non-hydrogen) atoms. The molecular weight excluding hydrogens is 250 g/mol. The van der Waals surface area contributed by atoms with Crippen LogP contribution in [0.15, 0.2) is 23.3 Å². The molecule has 1 aromatic rings. The summed E-state index contributed by atoms with van der Waals surface area (Å²) in [6.07, 6.45) is -1.85. The highest BCUT2D eigenvalue weighted by atomic mass is 16.6. The number of hydrogen-bond donors (Lipinski definition) is 2. The number of nitrogens with zero attached hydrogens (tertiary/aromatic N) is 3. The lowest BCUT2D eigenvalue weighted by Gasteiger charge is -2.22. The largest absolute Gasteiger partial charge is 0.486 e. The van der Waals surface area contributed by atoms with Crippen molar-refractivity contribution in [2.45, 2.75) is 18.6 Å². The second kappa shape index (κ2) is 6.29. The minimum absolute atomic E-state index is 0.138. The maximum atomic E-state index is 10.0. The first kappa shape index (κ1) is 13.5. The number of benzene rings is 1. The molecule has 7 heteroatoms. The molecule has 2 unspecified atom stereocenters. The van der Waals surface area contributed by atoms with Crippen molar-refractivity contribution in [3.05, 3.63) is 34.2 Å². The average Bonchev–Trinajstić information content (AvgIpc) is 2.46. The first-order valence-electron chi connectivity index (χ1n) is 5.99. The third kappa shape index (κ3) is 3.29. The highest BCUT2D eigenvalue weighted by Crippen LogP contribution is 2.33. The highest BCUT2D eigenvalue weighted by Gasteiger charge is 2.20. The number of azide groups is 1. The van der Waals surface area contributed by atoms with Gasteiger partial charge in [0.25, 0.3) is 0 Å². The molecule has 0 saturated carbocycles. The average molecular weight is 265 g/mol. The van der Waals surface area contributed by atoms with Crippen LogP contribution in [0.3, 0.4) is 0 Å². The van der Waals surface area contributed by atoms with Gasteiger partial charge in [0.05, 0.1) is 6.10 Å². The lowest BCUT2D eigenvalue weighted by molar-refractivity contribution is 0.0147. The fourth-order valence-corrected chi connectivity index (χ4v) is 1.86. The van der Waals surface area contributed by atoms with E-state index in [1.165, 1.54) is 0 Å². The topological polar surface area (TPSA) is 108 Å². The zero-order valence-corrected chi connectivity index (χ0v) is 10.3. The van der Waals surface area contributed by atoms with E-state index >= 15 is 0 Å². The van der Waals surface area contributed by atoms with E-state index in [-0.39, 0.29) is 13.0 Å². The smallest absolute Gasteiger partial charge is 0.161 e. The van der Waals surface area contributed by atoms with Crippen LogP contribution >= 0.6 is 0 Å². The quantitative estimate of drug-likeness (QED) is 0.478.